The fourth-order valence-corrected chi connectivity index (χ4v) is 1.81. The molecule has 0 spiro atoms. The Kier molecular flexibility index (Phi) is 5.32. The van der Waals surface area contributed by atoms with E-state index in [-0.39, 0.29) is 6.15 Å². The van der Waals surface area contributed by atoms with Crippen LogP contribution < -0.4 is 0 Å². The van der Waals surface area contributed by atoms with Crippen LogP contribution in [-0.4, -0.2) is 11.9 Å². The summed E-state index contributed by atoms with van der Waals surface area (Å²) in [6.45, 7) is 6.81. The Labute approximate surface area is 84.9 Å². The molecule has 0 bridgehead atoms. The van der Waals surface area contributed by atoms with E-state index in [0.717, 1.165) is 31.6 Å². The maximum atomic E-state index is 10.9. The van der Waals surface area contributed by atoms with Gasteiger partial charge in [-0.2, -0.15) is 9.59 Å². The summed E-state index contributed by atoms with van der Waals surface area (Å²) in [6.07, 6.45) is 4.12. The molecule has 0 aliphatic heterocycles. The van der Waals surface area contributed by atoms with E-state index >= 15 is 0 Å². The van der Waals surface area contributed by atoms with Gasteiger partial charge in [-0.25, -0.2) is 0 Å². The van der Waals surface area contributed by atoms with Crippen LogP contribution in [0.15, 0.2) is 0 Å². The van der Waals surface area contributed by atoms with Gasteiger partial charge in [-0.1, -0.05) is 20.8 Å². The summed E-state index contributed by atoms with van der Waals surface area (Å²) in [4.78, 5) is 27.2. The predicted octanol–water partition coefficient (Wildman–Crippen LogP) is 2.21. The number of ketones is 1. The molecule has 0 atom stereocenters. The molecular formula is C11H18O3. The maximum absolute atomic E-state index is 10.9. The average molecular weight is 198 g/mol. The van der Waals surface area contributed by atoms with Crippen LogP contribution in [0.1, 0.15) is 46.5 Å². The molecule has 3 nitrogen and oxygen atoms in total. The number of carbonyl (C=O) groups excluding carboxylic acids is 3. The van der Waals surface area contributed by atoms with Gasteiger partial charge in [-0.3, -0.25) is 4.79 Å². The molecule has 80 valence electrons. The highest BCUT2D eigenvalue weighted by molar-refractivity contribution is 5.79. The highest BCUT2D eigenvalue weighted by atomic mass is 16.2. The third-order valence-corrected chi connectivity index (χ3v) is 2.77. The number of rotatable bonds is 0. The predicted molar refractivity (Wildman–Crippen MR) is 51.4 cm³/mol. The number of hydrogen-bond acceptors (Lipinski definition) is 3. The van der Waals surface area contributed by atoms with Crippen LogP contribution in [0, 0.1) is 11.3 Å². The van der Waals surface area contributed by atoms with Crippen LogP contribution in [0.2, 0.25) is 0 Å². The lowest BCUT2D eigenvalue weighted by atomic mass is 9.72. The van der Waals surface area contributed by atoms with E-state index in [9.17, 15) is 4.79 Å². The van der Waals surface area contributed by atoms with E-state index in [0.29, 0.717) is 11.2 Å². The van der Waals surface area contributed by atoms with Crippen molar-refractivity contribution in [2.45, 2.75) is 46.5 Å². The van der Waals surface area contributed by atoms with E-state index in [2.05, 4.69) is 20.8 Å². The van der Waals surface area contributed by atoms with Gasteiger partial charge < -0.3 is 0 Å². The van der Waals surface area contributed by atoms with Crippen LogP contribution in [0.4, 0.5) is 0 Å². The van der Waals surface area contributed by atoms with Crippen molar-refractivity contribution in [2.24, 2.45) is 11.3 Å². The Morgan fingerprint density at radius 3 is 1.79 bits per heavy atom. The van der Waals surface area contributed by atoms with Gasteiger partial charge in [0, 0.05) is 12.8 Å². The standard InChI is InChI=1S/C10H18O.CO2/c1-10(2,3)8-4-6-9(11)7-5-8;2-1-3/h8H,4-7H2,1-3H3;. The number of carbonyl (C=O) groups is 1. The van der Waals surface area contributed by atoms with Crippen molar-refractivity contribution in [3.63, 3.8) is 0 Å². The summed E-state index contributed by atoms with van der Waals surface area (Å²) >= 11 is 0. The first-order valence-electron chi connectivity index (χ1n) is 4.92. The van der Waals surface area contributed by atoms with Crippen molar-refractivity contribution < 1.29 is 14.4 Å². The Balaban J connectivity index is 0.000000500. The molecule has 0 amide bonds. The van der Waals surface area contributed by atoms with Gasteiger partial charge in [0.05, 0.1) is 0 Å². The zero-order chi connectivity index (χ0) is 11.2. The minimum atomic E-state index is 0.250. The topological polar surface area (TPSA) is 51.2 Å². The lowest BCUT2D eigenvalue weighted by Gasteiger charge is -2.33. The molecular weight excluding hydrogens is 180 g/mol. The highest BCUT2D eigenvalue weighted by Crippen LogP contribution is 2.36. The van der Waals surface area contributed by atoms with Crippen LogP contribution >= 0.6 is 0 Å². The van der Waals surface area contributed by atoms with Crippen molar-refractivity contribution in [3.05, 3.63) is 0 Å². The highest BCUT2D eigenvalue weighted by Gasteiger charge is 2.28. The van der Waals surface area contributed by atoms with Crippen LogP contribution in [0.3, 0.4) is 0 Å². The zero-order valence-corrected chi connectivity index (χ0v) is 9.13. The normalized spacial score (nSPS) is 18.1. The van der Waals surface area contributed by atoms with Crippen LogP contribution in [0.25, 0.3) is 0 Å². The molecule has 1 aliphatic carbocycles. The molecule has 14 heavy (non-hydrogen) atoms. The van der Waals surface area contributed by atoms with Crippen molar-refractivity contribution in [1.82, 2.24) is 0 Å². The minimum Gasteiger partial charge on any atom is -0.300 e. The quantitative estimate of drug-likeness (QED) is 0.599. The summed E-state index contributed by atoms with van der Waals surface area (Å²) in [5.41, 5.74) is 0.403. The van der Waals surface area contributed by atoms with Gasteiger partial charge >= 0.3 is 6.15 Å². The molecule has 0 unspecified atom stereocenters. The fraction of sp³-hybridized carbons (Fsp3) is 0.818. The third kappa shape index (κ3) is 4.93. The molecule has 0 aromatic heterocycles. The second kappa shape index (κ2) is 5.71. The summed E-state index contributed by atoms with van der Waals surface area (Å²) in [5, 5.41) is 0. The number of Topliss-reactive ketones (excluding diaryl/α,β-unsaturated/α-hetero) is 1. The molecule has 1 saturated carbocycles. The smallest absolute Gasteiger partial charge is 0.300 e. The molecule has 1 aliphatic rings. The monoisotopic (exact) mass is 198 g/mol. The summed E-state index contributed by atoms with van der Waals surface area (Å²) in [5.74, 6) is 1.23. The molecule has 0 heterocycles. The van der Waals surface area contributed by atoms with E-state index in [1.54, 1.807) is 0 Å². The van der Waals surface area contributed by atoms with E-state index in [1.807, 2.05) is 0 Å². The Morgan fingerprint density at radius 1 is 1.14 bits per heavy atom. The molecule has 0 aromatic carbocycles. The summed E-state index contributed by atoms with van der Waals surface area (Å²) in [6, 6.07) is 0. The molecule has 3 heteroatoms. The van der Waals surface area contributed by atoms with Crippen molar-refractivity contribution in [1.29, 1.82) is 0 Å². The van der Waals surface area contributed by atoms with Gasteiger partial charge in [-0.15, -0.1) is 0 Å². The molecule has 0 aromatic rings. The summed E-state index contributed by atoms with van der Waals surface area (Å²) < 4.78 is 0. The SMILES string of the molecule is CC(C)(C)C1CCC(=O)CC1.O=C=O. The fourth-order valence-electron chi connectivity index (χ4n) is 1.81. The summed E-state index contributed by atoms with van der Waals surface area (Å²) in [7, 11) is 0. The van der Waals surface area contributed by atoms with Crippen LogP contribution in [-0.2, 0) is 14.4 Å². The van der Waals surface area contributed by atoms with Crippen molar-refractivity contribution in [2.75, 3.05) is 0 Å². The largest absolute Gasteiger partial charge is 0.373 e. The van der Waals surface area contributed by atoms with E-state index in [4.69, 9.17) is 9.59 Å². The average Bonchev–Trinajstić information content (AvgIpc) is 2.04. The minimum absolute atomic E-state index is 0.250. The lowest BCUT2D eigenvalue weighted by molar-refractivity contribution is -0.191. The first-order chi connectivity index (χ1) is 6.41. The molecule has 1 rings (SSSR count). The maximum Gasteiger partial charge on any atom is 0.373 e. The van der Waals surface area contributed by atoms with E-state index < -0.39 is 0 Å². The molecule has 1 fully saturated rings. The van der Waals surface area contributed by atoms with Crippen LogP contribution in [0.5, 0.6) is 0 Å². The Bertz CT molecular complexity index is 209. The molecule has 0 saturated heterocycles. The second-order valence-corrected chi connectivity index (χ2v) is 4.76. The van der Waals surface area contributed by atoms with Gasteiger partial charge in [0.1, 0.15) is 5.78 Å². The van der Waals surface area contributed by atoms with Crippen molar-refractivity contribution in [3.8, 4) is 0 Å². The first-order valence-corrected chi connectivity index (χ1v) is 4.92. The first kappa shape index (κ1) is 13.1. The second-order valence-electron chi connectivity index (χ2n) is 4.76. The Hall–Kier alpha value is -0.950. The lowest BCUT2D eigenvalue weighted by Crippen LogP contribution is -2.25. The Morgan fingerprint density at radius 2 is 1.50 bits per heavy atom. The molecule has 0 N–H and O–H groups in total. The zero-order valence-electron chi connectivity index (χ0n) is 9.13. The molecule has 0 radical (unpaired) electrons. The third-order valence-electron chi connectivity index (χ3n) is 2.77. The number of hydrogen-bond donors (Lipinski definition) is 0. The van der Waals surface area contributed by atoms with Gasteiger partial charge in [0.15, 0.2) is 0 Å². The van der Waals surface area contributed by atoms with Gasteiger partial charge in [0.25, 0.3) is 0 Å². The van der Waals surface area contributed by atoms with Gasteiger partial charge in [0.2, 0.25) is 0 Å². The van der Waals surface area contributed by atoms with Gasteiger partial charge in [-0.05, 0) is 24.2 Å². The van der Waals surface area contributed by atoms with E-state index in [1.165, 1.54) is 0 Å². The van der Waals surface area contributed by atoms with Crippen molar-refractivity contribution >= 4 is 11.9 Å².